The lowest BCUT2D eigenvalue weighted by Crippen LogP contribution is -2.17. The fourth-order valence-corrected chi connectivity index (χ4v) is 2.08. The Labute approximate surface area is 92.4 Å². The standard InChI is InChI=1S/C10H13BrClN/c1-6(2)10(13)8-4-3-7(12)5-9(8)11/h3-6,10H,13H2,1-2H3/t10-/m0/s1. The Morgan fingerprint density at radius 1 is 1.38 bits per heavy atom. The van der Waals surface area contributed by atoms with Crippen LogP contribution < -0.4 is 5.73 Å². The summed E-state index contributed by atoms with van der Waals surface area (Å²) in [6.45, 7) is 4.21. The molecule has 0 heterocycles. The Kier molecular flexibility index (Phi) is 3.77. The summed E-state index contributed by atoms with van der Waals surface area (Å²) in [4.78, 5) is 0. The molecule has 0 aliphatic heterocycles. The second kappa shape index (κ2) is 4.45. The van der Waals surface area contributed by atoms with Gasteiger partial charge in [0.1, 0.15) is 0 Å². The first-order chi connectivity index (χ1) is 6.02. The summed E-state index contributed by atoms with van der Waals surface area (Å²) in [5.74, 6) is 0.428. The number of halogens is 2. The summed E-state index contributed by atoms with van der Waals surface area (Å²) in [5.41, 5.74) is 7.13. The second-order valence-electron chi connectivity index (χ2n) is 3.44. The van der Waals surface area contributed by atoms with Crippen molar-refractivity contribution in [1.29, 1.82) is 0 Å². The van der Waals surface area contributed by atoms with Crippen molar-refractivity contribution < 1.29 is 0 Å². The fraction of sp³-hybridized carbons (Fsp3) is 0.400. The minimum atomic E-state index is 0.0617. The Hall–Kier alpha value is -0.0500. The van der Waals surface area contributed by atoms with Crippen LogP contribution in [0.1, 0.15) is 25.5 Å². The molecule has 1 aromatic carbocycles. The van der Waals surface area contributed by atoms with Crippen LogP contribution >= 0.6 is 27.5 Å². The van der Waals surface area contributed by atoms with Crippen LogP contribution in [0.5, 0.6) is 0 Å². The van der Waals surface area contributed by atoms with Gasteiger partial charge in [-0.1, -0.05) is 47.4 Å². The van der Waals surface area contributed by atoms with E-state index in [1.807, 2.05) is 18.2 Å². The van der Waals surface area contributed by atoms with Gasteiger partial charge in [0.15, 0.2) is 0 Å². The Balaban J connectivity index is 3.01. The molecule has 0 aliphatic rings. The van der Waals surface area contributed by atoms with Crippen molar-refractivity contribution in [2.45, 2.75) is 19.9 Å². The quantitative estimate of drug-likeness (QED) is 0.863. The van der Waals surface area contributed by atoms with Gasteiger partial charge in [-0.3, -0.25) is 0 Å². The van der Waals surface area contributed by atoms with Crippen LogP contribution in [-0.4, -0.2) is 0 Å². The molecule has 1 nitrogen and oxygen atoms in total. The van der Waals surface area contributed by atoms with E-state index in [-0.39, 0.29) is 6.04 Å². The third kappa shape index (κ3) is 2.70. The van der Waals surface area contributed by atoms with E-state index >= 15 is 0 Å². The van der Waals surface area contributed by atoms with Gasteiger partial charge in [-0.15, -0.1) is 0 Å². The fourth-order valence-electron chi connectivity index (χ4n) is 1.13. The Morgan fingerprint density at radius 3 is 2.46 bits per heavy atom. The highest BCUT2D eigenvalue weighted by Gasteiger charge is 2.13. The van der Waals surface area contributed by atoms with Crippen LogP contribution in [0, 0.1) is 5.92 Å². The van der Waals surface area contributed by atoms with Crippen molar-refractivity contribution in [3.63, 3.8) is 0 Å². The molecule has 0 spiro atoms. The van der Waals surface area contributed by atoms with Gasteiger partial charge >= 0.3 is 0 Å². The zero-order valence-electron chi connectivity index (χ0n) is 7.72. The predicted molar refractivity (Wildman–Crippen MR) is 60.9 cm³/mol. The largest absolute Gasteiger partial charge is 0.324 e. The van der Waals surface area contributed by atoms with Crippen molar-refractivity contribution in [1.82, 2.24) is 0 Å². The summed E-state index contributed by atoms with van der Waals surface area (Å²) >= 11 is 9.28. The molecular weight excluding hydrogens is 249 g/mol. The summed E-state index contributed by atoms with van der Waals surface area (Å²) in [6, 6.07) is 5.77. The van der Waals surface area contributed by atoms with Gasteiger partial charge in [-0.2, -0.15) is 0 Å². The van der Waals surface area contributed by atoms with Crippen LogP contribution in [0.2, 0.25) is 5.02 Å². The van der Waals surface area contributed by atoms with E-state index in [2.05, 4.69) is 29.8 Å². The zero-order chi connectivity index (χ0) is 10.0. The van der Waals surface area contributed by atoms with Gasteiger partial charge in [0, 0.05) is 15.5 Å². The number of benzene rings is 1. The lowest BCUT2D eigenvalue weighted by atomic mass is 9.97. The summed E-state index contributed by atoms with van der Waals surface area (Å²) in [5, 5.41) is 0.728. The number of hydrogen-bond donors (Lipinski definition) is 1. The van der Waals surface area contributed by atoms with Crippen LogP contribution in [0.4, 0.5) is 0 Å². The van der Waals surface area contributed by atoms with Crippen molar-refractivity contribution >= 4 is 27.5 Å². The predicted octanol–water partition coefficient (Wildman–Crippen LogP) is 3.76. The summed E-state index contributed by atoms with van der Waals surface area (Å²) < 4.78 is 0.987. The van der Waals surface area contributed by atoms with Gasteiger partial charge < -0.3 is 5.73 Å². The lowest BCUT2D eigenvalue weighted by molar-refractivity contribution is 0.512. The zero-order valence-corrected chi connectivity index (χ0v) is 10.1. The normalized spacial score (nSPS) is 13.4. The van der Waals surface area contributed by atoms with Crippen LogP contribution in [0.15, 0.2) is 22.7 Å². The van der Waals surface area contributed by atoms with Crippen molar-refractivity contribution in [2.24, 2.45) is 11.7 Å². The molecule has 72 valence electrons. The molecule has 0 saturated carbocycles. The van der Waals surface area contributed by atoms with E-state index < -0.39 is 0 Å². The van der Waals surface area contributed by atoms with E-state index in [0.29, 0.717) is 5.92 Å². The number of nitrogens with two attached hydrogens (primary N) is 1. The highest BCUT2D eigenvalue weighted by atomic mass is 79.9. The molecule has 3 heteroatoms. The van der Waals surface area contributed by atoms with E-state index in [4.69, 9.17) is 17.3 Å². The maximum absolute atomic E-state index is 6.02. The van der Waals surface area contributed by atoms with Crippen LogP contribution in [0.3, 0.4) is 0 Å². The van der Waals surface area contributed by atoms with Crippen molar-refractivity contribution in [3.8, 4) is 0 Å². The van der Waals surface area contributed by atoms with E-state index in [0.717, 1.165) is 15.1 Å². The minimum absolute atomic E-state index is 0.0617. The topological polar surface area (TPSA) is 26.0 Å². The summed E-state index contributed by atoms with van der Waals surface area (Å²) in [7, 11) is 0. The Bertz CT molecular complexity index is 299. The molecule has 0 unspecified atom stereocenters. The van der Waals surface area contributed by atoms with Gasteiger partial charge in [0.05, 0.1) is 0 Å². The van der Waals surface area contributed by atoms with Crippen molar-refractivity contribution in [3.05, 3.63) is 33.3 Å². The third-order valence-corrected chi connectivity index (χ3v) is 2.96. The second-order valence-corrected chi connectivity index (χ2v) is 4.73. The van der Waals surface area contributed by atoms with E-state index in [9.17, 15) is 0 Å². The van der Waals surface area contributed by atoms with Crippen LogP contribution in [-0.2, 0) is 0 Å². The third-order valence-electron chi connectivity index (χ3n) is 2.04. The molecular formula is C10H13BrClN. The van der Waals surface area contributed by atoms with E-state index in [1.54, 1.807) is 0 Å². The van der Waals surface area contributed by atoms with Crippen LogP contribution in [0.25, 0.3) is 0 Å². The summed E-state index contributed by atoms with van der Waals surface area (Å²) in [6.07, 6.45) is 0. The average molecular weight is 263 g/mol. The molecule has 1 rings (SSSR count). The molecule has 0 saturated heterocycles. The first-order valence-electron chi connectivity index (χ1n) is 4.23. The van der Waals surface area contributed by atoms with Gasteiger partial charge in [0.2, 0.25) is 0 Å². The van der Waals surface area contributed by atoms with Crippen molar-refractivity contribution in [2.75, 3.05) is 0 Å². The first kappa shape index (κ1) is 11.0. The average Bonchev–Trinajstić information content (AvgIpc) is 2.03. The van der Waals surface area contributed by atoms with E-state index in [1.165, 1.54) is 0 Å². The maximum atomic E-state index is 6.02. The molecule has 0 aromatic heterocycles. The van der Waals surface area contributed by atoms with Gasteiger partial charge in [-0.05, 0) is 23.6 Å². The molecule has 2 N–H and O–H groups in total. The molecule has 0 radical (unpaired) electrons. The number of rotatable bonds is 2. The van der Waals surface area contributed by atoms with Gasteiger partial charge in [-0.25, -0.2) is 0 Å². The highest BCUT2D eigenvalue weighted by molar-refractivity contribution is 9.10. The SMILES string of the molecule is CC(C)[C@H](N)c1ccc(Cl)cc1Br. The highest BCUT2D eigenvalue weighted by Crippen LogP contribution is 2.28. The smallest absolute Gasteiger partial charge is 0.0417 e. The monoisotopic (exact) mass is 261 g/mol. The minimum Gasteiger partial charge on any atom is -0.324 e. The molecule has 1 atom stereocenters. The molecule has 0 fully saturated rings. The molecule has 0 amide bonds. The Morgan fingerprint density at radius 2 is 2.00 bits per heavy atom. The first-order valence-corrected chi connectivity index (χ1v) is 5.40. The number of hydrogen-bond acceptors (Lipinski definition) is 1. The molecule has 13 heavy (non-hydrogen) atoms. The molecule has 0 bridgehead atoms. The van der Waals surface area contributed by atoms with Gasteiger partial charge in [0.25, 0.3) is 0 Å². The lowest BCUT2D eigenvalue weighted by Gasteiger charge is -2.17. The molecule has 0 aliphatic carbocycles. The molecule has 1 aromatic rings. The maximum Gasteiger partial charge on any atom is 0.0417 e.